The molecular formula is C13H20N4O2S. The summed E-state index contributed by atoms with van der Waals surface area (Å²) in [5, 5.41) is 0.390. The number of rotatable bonds is 3. The molecule has 0 saturated carbocycles. The zero-order chi connectivity index (χ0) is 14.7. The predicted octanol–water partition coefficient (Wildman–Crippen LogP) is 0.949. The minimum absolute atomic E-state index is 0.0819. The molecule has 1 aliphatic heterocycles. The fraction of sp³-hybridized carbons (Fsp3) is 0.615. The van der Waals surface area contributed by atoms with Crippen molar-refractivity contribution in [3.63, 3.8) is 0 Å². The Morgan fingerprint density at radius 3 is 2.75 bits per heavy atom. The number of aromatic nitrogens is 2. The molecule has 0 aromatic carbocycles. The van der Waals surface area contributed by atoms with Crippen molar-refractivity contribution in [1.82, 2.24) is 14.9 Å². The van der Waals surface area contributed by atoms with Gasteiger partial charge in [0.05, 0.1) is 5.75 Å². The molecule has 1 aliphatic rings. The third-order valence-corrected chi connectivity index (χ3v) is 4.15. The second-order valence-corrected chi connectivity index (χ2v) is 6.47. The lowest BCUT2D eigenvalue weighted by molar-refractivity contribution is -0.130. The number of hydrogen-bond acceptors (Lipinski definition) is 5. The lowest BCUT2D eigenvalue weighted by Gasteiger charge is -2.34. The van der Waals surface area contributed by atoms with Gasteiger partial charge in [-0.05, 0) is 18.3 Å². The maximum Gasteiger partial charge on any atom is 0.253 e. The lowest BCUT2D eigenvalue weighted by atomic mass is 9.92. The summed E-state index contributed by atoms with van der Waals surface area (Å²) in [7, 11) is 0. The minimum Gasteiger partial charge on any atom is -0.383 e. The minimum atomic E-state index is -0.298. The Labute approximate surface area is 122 Å². The highest BCUT2D eigenvalue weighted by Crippen LogP contribution is 2.22. The number of nitrogen functional groups attached to an aromatic ring is 1. The first kappa shape index (κ1) is 14.9. The molecule has 1 aromatic rings. The van der Waals surface area contributed by atoms with Crippen LogP contribution in [0.4, 0.5) is 5.82 Å². The van der Waals surface area contributed by atoms with Crippen LogP contribution in [-0.2, 0) is 4.79 Å². The van der Waals surface area contributed by atoms with Gasteiger partial charge in [-0.2, -0.15) is 0 Å². The van der Waals surface area contributed by atoms with Crippen LogP contribution in [0.5, 0.6) is 0 Å². The summed E-state index contributed by atoms with van der Waals surface area (Å²) in [5.41, 5.74) is 5.21. The summed E-state index contributed by atoms with van der Waals surface area (Å²) in [6, 6.07) is 1.22. The summed E-state index contributed by atoms with van der Waals surface area (Å²) in [4.78, 5) is 31.9. The van der Waals surface area contributed by atoms with E-state index in [4.69, 9.17) is 5.73 Å². The summed E-state index contributed by atoms with van der Waals surface area (Å²) in [6.45, 7) is 5.95. The predicted molar refractivity (Wildman–Crippen MR) is 79.5 cm³/mol. The SMILES string of the molecule is CC1CC(C)CN(C(=O)CSc2nc(N)cc(=O)[nH]2)C1. The van der Waals surface area contributed by atoms with Crippen molar-refractivity contribution in [2.24, 2.45) is 11.8 Å². The number of H-pyrrole nitrogens is 1. The van der Waals surface area contributed by atoms with Gasteiger partial charge in [0.25, 0.3) is 5.56 Å². The number of amides is 1. The van der Waals surface area contributed by atoms with E-state index in [-0.39, 0.29) is 23.0 Å². The van der Waals surface area contributed by atoms with Gasteiger partial charge in [-0.1, -0.05) is 25.6 Å². The topological polar surface area (TPSA) is 92.1 Å². The first-order chi connectivity index (χ1) is 9.44. The molecule has 3 N–H and O–H groups in total. The summed E-state index contributed by atoms with van der Waals surface area (Å²) >= 11 is 1.22. The van der Waals surface area contributed by atoms with Crippen molar-refractivity contribution >= 4 is 23.5 Å². The number of carbonyl (C=O) groups is 1. The number of nitrogens with two attached hydrogens (primary N) is 1. The molecule has 2 rings (SSSR count). The van der Waals surface area contributed by atoms with Crippen LogP contribution in [-0.4, -0.2) is 39.6 Å². The quantitative estimate of drug-likeness (QED) is 0.640. The third kappa shape index (κ3) is 4.00. The van der Waals surface area contributed by atoms with Gasteiger partial charge in [0.15, 0.2) is 5.16 Å². The number of piperidine rings is 1. The Hall–Kier alpha value is -1.50. The second kappa shape index (κ2) is 6.30. The number of likely N-dealkylation sites (tertiary alicyclic amines) is 1. The van der Waals surface area contributed by atoms with Crippen molar-refractivity contribution in [3.8, 4) is 0 Å². The number of anilines is 1. The van der Waals surface area contributed by atoms with E-state index in [1.807, 2.05) is 4.90 Å². The molecule has 1 aromatic heterocycles. The largest absolute Gasteiger partial charge is 0.383 e. The molecule has 2 unspecified atom stereocenters. The highest BCUT2D eigenvalue weighted by atomic mass is 32.2. The van der Waals surface area contributed by atoms with Crippen LogP contribution in [0, 0.1) is 11.8 Å². The van der Waals surface area contributed by atoms with Crippen LogP contribution in [0.15, 0.2) is 16.0 Å². The first-order valence-corrected chi connectivity index (χ1v) is 7.70. The third-order valence-electron chi connectivity index (χ3n) is 3.29. The molecule has 0 bridgehead atoms. The van der Waals surface area contributed by atoms with Gasteiger partial charge < -0.3 is 15.6 Å². The van der Waals surface area contributed by atoms with Crippen molar-refractivity contribution in [3.05, 3.63) is 16.4 Å². The van der Waals surface area contributed by atoms with Gasteiger partial charge in [0.1, 0.15) is 5.82 Å². The van der Waals surface area contributed by atoms with Crippen LogP contribution in [0.25, 0.3) is 0 Å². The number of carbonyl (C=O) groups excluding carboxylic acids is 1. The van der Waals surface area contributed by atoms with E-state index in [1.54, 1.807) is 0 Å². The van der Waals surface area contributed by atoms with E-state index in [0.717, 1.165) is 13.1 Å². The standard InChI is InChI=1S/C13H20N4O2S/c1-8-3-9(2)6-17(5-8)12(19)7-20-13-15-10(14)4-11(18)16-13/h4,8-9H,3,5-7H2,1-2H3,(H3,14,15,16,18). The average molecular weight is 296 g/mol. The monoisotopic (exact) mass is 296 g/mol. The maximum absolute atomic E-state index is 12.2. The van der Waals surface area contributed by atoms with Gasteiger partial charge in [0.2, 0.25) is 5.91 Å². The fourth-order valence-corrected chi connectivity index (χ4v) is 3.40. The van der Waals surface area contributed by atoms with Gasteiger partial charge in [-0.3, -0.25) is 9.59 Å². The fourth-order valence-electron chi connectivity index (χ4n) is 2.61. The molecule has 6 nitrogen and oxygen atoms in total. The van der Waals surface area contributed by atoms with Crippen molar-refractivity contribution < 1.29 is 4.79 Å². The van der Waals surface area contributed by atoms with E-state index in [9.17, 15) is 9.59 Å². The molecule has 1 saturated heterocycles. The smallest absolute Gasteiger partial charge is 0.253 e. The van der Waals surface area contributed by atoms with Gasteiger partial charge >= 0.3 is 0 Å². The van der Waals surface area contributed by atoms with Crippen LogP contribution in [0.2, 0.25) is 0 Å². The molecule has 1 amide bonds. The van der Waals surface area contributed by atoms with E-state index >= 15 is 0 Å². The normalized spacial score (nSPS) is 22.8. The van der Waals surface area contributed by atoms with Gasteiger partial charge in [0, 0.05) is 19.2 Å². The zero-order valence-electron chi connectivity index (χ0n) is 11.8. The van der Waals surface area contributed by atoms with Crippen molar-refractivity contribution in [1.29, 1.82) is 0 Å². The maximum atomic E-state index is 12.2. The van der Waals surface area contributed by atoms with E-state index in [1.165, 1.54) is 24.2 Å². The Morgan fingerprint density at radius 1 is 1.50 bits per heavy atom. The Balaban J connectivity index is 1.93. The van der Waals surface area contributed by atoms with Crippen molar-refractivity contribution in [2.75, 3.05) is 24.6 Å². The van der Waals surface area contributed by atoms with Crippen LogP contribution < -0.4 is 11.3 Å². The molecule has 110 valence electrons. The lowest BCUT2D eigenvalue weighted by Crippen LogP contribution is -2.43. The summed E-state index contributed by atoms with van der Waals surface area (Å²) < 4.78 is 0. The molecule has 0 spiro atoms. The Morgan fingerprint density at radius 2 is 2.15 bits per heavy atom. The zero-order valence-corrected chi connectivity index (χ0v) is 12.6. The molecule has 7 heteroatoms. The molecule has 0 aliphatic carbocycles. The van der Waals surface area contributed by atoms with Gasteiger partial charge in [-0.15, -0.1) is 0 Å². The molecule has 1 fully saturated rings. The number of nitrogens with zero attached hydrogens (tertiary/aromatic N) is 2. The van der Waals surface area contributed by atoms with Crippen LogP contribution >= 0.6 is 11.8 Å². The van der Waals surface area contributed by atoms with Crippen LogP contribution in [0.1, 0.15) is 20.3 Å². The molecule has 2 heterocycles. The average Bonchev–Trinajstić information content (AvgIpc) is 2.33. The number of nitrogens with one attached hydrogen (secondary N) is 1. The van der Waals surface area contributed by atoms with E-state index < -0.39 is 0 Å². The number of thioether (sulfide) groups is 1. The second-order valence-electron chi connectivity index (χ2n) is 5.51. The number of hydrogen-bond donors (Lipinski definition) is 2. The molecular weight excluding hydrogens is 276 g/mol. The van der Waals surface area contributed by atoms with Crippen molar-refractivity contribution in [2.45, 2.75) is 25.4 Å². The molecule has 20 heavy (non-hydrogen) atoms. The highest BCUT2D eigenvalue weighted by molar-refractivity contribution is 7.99. The molecule has 0 radical (unpaired) electrons. The van der Waals surface area contributed by atoms with E-state index in [0.29, 0.717) is 17.0 Å². The Kier molecular flexibility index (Phi) is 4.69. The van der Waals surface area contributed by atoms with Crippen LogP contribution in [0.3, 0.4) is 0 Å². The summed E-state index contributed by atoms with van der Waals surface area (Å²) in [5.74, 6) is 1.60. The first-order valence-electron chi connectivity index (χ1n) is 6.71. The van der Waals surface area contributed by atoms with Gasteiger partial charge in [-0.25, -0.2) is 4.98 Å². The van der Waals surface area contributed by atoms with E-state index in [2.05, 4.69) is 23.8 Å². The highest BCUT2D eigenvalue weighted by Gasteiger charge is 2.25. The molecule has 2 atom stereocenters. The summed E-state index contributed by atoms with van der Waals surface area (Å²) in [6.07, 6.45) is 1.17. The Bertz CT molecular complexity index is 535. The number of aromatic amines is 1.